The fourth-order valence-corrected chi connectivity index (χ4v) is 3.00. The van der Waals surface area contributed by atoms with Gasteiger partial charge in [-0.15, -0.1) is 0 Å². The number of rotatable bonds is 4. The highest BCUT2D eigenvalue weighted by Gasteiger charge is 2.49. The third-order valence-electron chi connectivity index (χ3n) is 4.27. The van der Waals surface area contributed by atoms with Crippen LogP contribution in [0.5, 0.6) is 0 Å². The van der Waals surface area contributed by atoms with Gasteiger partial charge in [-0.1, -0.05) is 17.7 Å². The minimum Gasteiger partial charge on any atom is -0.319 e. The molecule has 1 heterocycles. The van der Waals surface area contributed by atoms with Gasteiger partial charge in [0.1, 0.15) is 11.4 Å². The van der Waals surface area contributed by atoms with E-state index in [0.717, 1.165) is 11.0 Å². The fourth-order valence-electron chi connectivity index (χ4n) is 2.77. The first-order valence-corrected chi connectivity index (χ1v) is 7.93. The van der Waals surface area contributed by atoms with Crippen molar-refractivity contribution >= 4 is 29.2 Å². The Morgan fingerprint density at radius 1 is 1.23 bits per heavy atom. The van der Waals surface area contributed by atoms with Crippen LogP contribution in [0, 0.1) is 15.9 Å². The Labute approximate surface area is 152 Å². The predicted molar refractivity (Wildman–Crippen MR) is 90.9 cm³/mol. The zero-order valence-corrected chi connectivity index (χ0v) is 14.3. The molecular weight excluding hydrogens is 365 g/mol. The lowest BCUT2D eigenvalue weighted by Gasteiger charge is -2.22. The van der Waals surface area contributed by atoms with Gasteiger partial charge in [0.05, 0.1) is 11.5 Å². The van der Waals surface area contributed by atoms with Gasteiger partial charge in [-0.2, -0.15) is 0 Å². The van der Waals surface area contributed by atoms with Crippen LogP contribution in [0.15, 0.2) is 42.5 Å². The lowest BCUT2D eigenvalue weighted by molar-refractivity contribution is -0.384. The number of benzene rings is 2. The van der Waals surface area contributed by atoms with Crippen molar-refractivity contribution in [2.45, 2.75) is 19.0 Å². The average Bonchev–Trinajstić information content (AvgIpc) is 2.81. The molecule has 1 N–H and O–H groups in total. The SMILES string of the molecule is CC1(c2ccc([N+](=O)[O-])cc2)NC(=O)N(Cc2ccc(F)cc2Cl)C1=O. The molecule has 0 aromatic heterocycles. The summed E-state index contributed by atoms with van der Waals surface area (Å²) in [6.07, 6.45) is 0. The summed E-state index contributed by atoms with van der Waals surface area (Å²) in [5.41, 5.74) is -0.652. The van der Waals surface area contributed by atoms with Crippen LogP contribution in [-0.2, 0) is 16.9 Å². The molecule has 1 unspecified atom stereocenters. The maximum absolute atomic E-state index is 13.2. The normalized spacial score (nSPS) is 19.6. The molecule has 0 radical (unpaired) electrons. The maximum atomic E-state index is 13.2. The van der Waals surface area contributed by atoms with Gasteiger partial charge in [0.15, 0.2) is 0 Å². The van der Waals surface area contributed by atoms with Crippen LogP contribution in [0.25, 0.3) is 0 Å². The number of carbonyl (C=O) groups excluding carboxylic acids is 2. The molecule has 1 atom stereocenters. The molecule has 1 saturated heterocycles. The molecule has 1 aliphatic rings. The minimum absolute atomic E-state index is 0.106. The average molecular weight is 378 g/mol. The summed E-state index contributed by atoms with van der Waals surface area (Å²) in [6, 6.07) is 8.44. The lowest BCUT2D eigenvalue weighted by Crippen LogP contribution is -2.40. The fraction of sp³-hybridized carbons (Fsp3) is 0.176. The van der Waals surface area contributed by atoms with Crippen molar-refractivity contribution in [2.24, 2.45) is 0 Å². The van der Waals surface area contributed by atoms with Crippen LogP contribution in [0.4, 0.5) is 14.9 Å². The van der Waals surface area contributed by atoms with Crippen LogP contribution in [0.2, 0.25) is 5.02 Å². The third-order valence-corrected chi connectivity index (χ3v) is 4.63. The van der Waals surface area contributed by atoms with Crippen LogP contribution >= 0.6 is 11.6 Å². The second-order valence-electron chi connectivity index (χ2n) is 5.99. The Hall–Kier alpha value is -3.00. The summed E-state index contributed by atoms with van der Waals surface area (Å²) in [6.45, 7) is 1.40. The lowest BCUT2D eigenvalue weighted by atomic mass is 9.92. The Kier molecular flexibility index (Phi) is 4.37. The molecule has 1 aliphatic heterocycles. The van der Waals surface area contributed by atoms with E-state index in [9.17, 15) is 24.1 Å². The van der Waals surface area contributed by atoms with Crippen molar-refractivity contribution in [2.75, 3.05) is 0 Å². The number of nitro groups is 1. The highest BCUT2D eigenvalue weighted by molar-refractivity contribution is 6.31. The van der Waals surface area contributed by atoms with E-state index in [2.05, 4.69) is 5.32 Å². The van der Waals surface area contributed by atoms with E-state index in [1.54, 1.807) is 0 Å². The van der Waals surface area contributed by atoms with Gasteiger partial charge in [-0.05, 0) is 42.3 Å². The Bertz CT molecular complexity index is 919. The monoisotopic (exact) mass is 377 g/mol. The van der Waals surface area contributed by atoms with Crippen molar-refractivity contribution in [1.82, 2.24) is 10.2 Å². The quantitative estimate of drug-likeness (QED) is 0.502. The van der Waals surface area contributed by atoms with Crippen molar-refractivity contribution in [3.8, 4) is 0 Å². The van der Waals surface area contributed by atoms with Crippen molar-refractivity contribution in [1.29, 1.82) is 0 Å². The molecule has 9 heteroatoms. The molecule has 0 saturated carbocycles. The first kappa shape index (κ1) is 17.8. The number of amides is 3. The van der Waals surface area contributed by atoms with E-state index in [-0.39, 0.29) is 17.3 Å². The molecule has 2 aromatic rings. The van der Waals surface area contributed by atoms with Crippen molar-refractivity contribution in [3.63, 3.8) is 0 Å². The van der Waals surface area contributed by atoms with Crippen molar-refractivity contribution in [3.05, 3.63) is 74.5 Å². The number of hydrogen-bond acceptors (Lipinski definition) is 4. The molecule has 26 heavy (non-hydrogen) atoms. The van der Waals surface area contributed by atoms with E-state index < -0.39 is 28.2 Å². The zero-order chi connectivity index (χ0) is 19.1. The largest absolute Gasteiger partial charge is 0.325 e. The molecule has 0 bridgehead atoms. The summed E-state index contributed by atoms with van der Waals surface area (Å²) in [4.78, 5) is 36.3. The molecule has 3 rings (SSSR count). The second kappa shape index (κ2) is 6.38. The molecule has 7 nitrogen and oxygen atoms in total. The second-order valence-corrected chi connectivity index (χ2v) is 6.39. The van der Waals surface area contributed by atoms with E-state index >= 15 is 0 Å². The summed E-state index contributed by atoms with van der Waals surface area (Å²) >= 11 is 5.97. The van der Waals surface area contributed by atoms with Crippen LogP contribution in [0.1, 0.15) is 18.1 Å². The minimum atomic E-state index is -1.36. The van der Waals surface area contributed by atoms with E-state index in [0.29, 0.717) is 11.1 Å². The van der Waals surface area contributed by atoms with Gasteiger partial charge in [-0.3, -0.25) is 19.8 Å². The Morgan fingerprint density at radius 3 is 2.46 bits per heavy atom. The first-order valence-electron chi connectivity index (χ1n) is 7.55. The highest BCUT2D eigenvalue weighted by Crippen LogP contribution is 2.31. The number of nitrogens with zero attached hydrogens (tertiary/aromatic N) is 2. The molecule has 0 spiro atoms. The summed E-state index contributed by atoms with van der Waals surface area (Å²) < 4.78 is 13.2. The van der Waals surface area contributed by atoms with Crippen LogP contribution < -0.4 is 5.32 Å². The van der Waals surface area contributed by atoms with E-state index in [1.165, 1.54) is 43.3 Å². The molecule has 1 fully saturated rings. The number of halogens is 2. The molecule has 2 aromatic carbocycles. The van der Waals surface area contributed by atoms with Crippen LogP contribution in [0.3, 0.4) is 0 Å². The van der Waals surface area contributed by atoms with Crippen molar-refractivity contribution < 1.29 is 18.9 Å². The number of imide groups is 1. The topological polar surface area (TPSA) is 92.6 Å². The third kappa shape index (κ3) is 2.99. The van der Waals surface area contributed by atoms with Gasteiger partial charge in [0.25, 0.3) is 11.6 Å². The Balaban J connectivity index is 1.88. The number of nitro benzene ring substituents is 1. The molecule has 3 amide bonds. The number of nitrogens with one attached hydrogen (secondary N) is 1. The van der Waals surface area contributed by atoms with Gasteiger partial charge < -0.3 is 5.32 Å². The van der Waals surface area contributed by atoms with Gasteiger partial charge >= 0.3 is 6.03 Å². The first-order chi connectivity index (χ1) is 12.2. The zero-order valence-electron chi connectivity index (χ0n) is 13.5. The summed E-state index contributed by atoms with van der Waals surface area (Å²) in [5.74, 6) is -1.05. The van der Waals surface area contributed by atoms with Gasteiger partial charge in [-0.25, -0.2) is 9.18 Å². The number of non-ortho nitro benzene ring substituents is 1. The maximum Gasteiger partial charge on any atom is 0.325 e. The smallest absolute Gasteiger partial charge is 0.319 e. The number of hydrogen-bond donors (Lipinski definition) is 1. The highest BCUT2D eigenvalue weighted by atomic mass is 35.5. The summed E-state index contributed by atoms with van der Waals surface area (Å²) in [7, 11) is 0. The predicted octanol–water partition coefficient (Wildman–Crippen LogP) is 3.35. The standard InChI is InChI=1S/C17H13ClFN3O4/c1-17(11-3-6-13(7-4-11)22(25)26)15(23)21(16(24)20-17)9-10-2-5-12(19)8-14(10)18/h2-8H,9H2,1H3,(H,20,24). The number of urea groups is 1. The van der Waals surface area contributed by atoms with Gasteiger partial charge in [0.2, 0.25) is 0 Å². The Morgan fingerprint density at radius 2 is 1.88 bits per heavy atom. The number of carbonyl (C=O) groups is 2. The molecular formula is C17H13ClFN3O4. The van der Waals surface area contributed by atoms with E-state index in [1.807, 2.05) is 0 Å². The molecule has 0 aliphatic carbocycles. The van der Waals surface area contributed by atoms with Crippen LogP contribution in [-0.4, -0.2) is 21.8 Å². The van der Waals surface area contributed by atoms with Gasteiger partial charge in [0, 0.05) is 17.2 Å². The molecule has 134 valence electrons. The summed E-state index contributed by atoms with van der Waals surface area (Å²) in [5, 5.41) is 13.5. The van der Waals surface area contributed by atoms with E-state index in [4.69, 9.17) is 11.6 Å².